The van der Waals surface area contributed by atoms with Gasteiger partial charge in [-0.3, -0.25) is 4.79 Å². The Balaban J connectivity index is 1.93. The molecule has 0 spiro atoms. The highest BCUT2D eigenvalue weighted by atomic mass is 16.5. The molecule has 1 atom stereocenters. The molecule has 2 aliphatic rings. The maximum absolute atomic E-state index is 13.3. The van der Waals surface area contributed by atoms with Crippen LogP contribution in [0, 0.1) is 0 Å². The third kappa shape index (κ3) is 3.63. The first-order valence-electron chi connectivity index (χ1n) is 10.2. The topological polar surface area (TPSA) is 109 Å². The van der Waals surface area contributed by atoms with Crippen molar-refractivity contribution in [2.45, 2.75) is 76.8 Å². The summed E-state index contributed by atoms with van der Waals surface area (Å²) < 4.78 is 18.2. The summed E-state index contributed by atoms with van der Waals surface area (Å²) in [5, 5.41) is 29.8. The van der Waals surface area contributed by atoms with Crippen molar-refractivity contribution in [2.24, 2.45) is 0 Å². The fourth-order valence-corrected chi connectivity index (χ4v) is 4.29. The number of rotatable bonds is 6. The summed E-state index contributed by atoms with van der Waals surface area (Å²) in [5.74, 6) is 1.12. The van der Waals surface area contributed by atoms with E-state index in [0.717, 1.165) is 31.2 Å². The summed E-state index contributed by atoms with van der Waals surface area (Å²) >= 11 is 0. The van der Waals surface area contributed by atoms with E-state index in [1.165, 1.54) is 0 Å². The zero-order valence-corrected chi connectivity index (χ0v) is 16.9. The Bertz CT molecular complexity index is 964. The predicted molar refractivity (Wildman–Crippen MR) is 106 cm³/mol. The van der Waals surface area contributed by atoms with Gasteiger partial charge in [0.25, 0.3) is 0 Å². The van der Waals surface area contributed by atoms with E-state index in [0.29, 0.717) is 23.3 Å². The van der Waals surface area contributed by atoms with E-state index in [9.17, 15) is 20.1 Å². The van der Waals surface area contributed by atoms with Crippen LogP contribution in [0.1, 0.15) is 56.4 Å². The smallest absolute Gasteiger partial charge is 0.200 e. The lowest BCUT2D eigenvalue weighted by Gasteiger charge is -2.24. The number of fused-ring (bicyclic) bond motifs is 2. The minimum Gasteiger partial charge on any atom is -0.489 e. The Morgan fingerprint density at radius 3 is 2.59 bits per heavy atom. The van der Waals surface area contributed by atoms with Crippen LogP contribution in [0.5, 0.6) is 11.5 Å². The molecule has 29 heavy (non-hydrogen) atoms. The number of ether oxygens (including phenoxy) is 2. The van der Waals surface area contributed by atoms with Crippen molar-refractivity contribution in [1.82, 2.24) is 0 Å². The highest BCUT2D eigenvalue weighted by molar-refractivity contribution is 5.88. The van der Waals surface area contributed by atoms with Gasteiger partial charge in [-0.05, 0) is 39.5 Å². The molecule has 2 aromatic rings. The minimum absolute atomic E-state index is 0.0177. The van der Waals surface area contributed by atoms with Crippen LogP contribution >= 0.6 is 0 Å². The molecule has 0 unspecified atom stereocenters. The molecule has 1 saturated carbocycles. The van der Waals surface area contributed by atoms with Crippen molar-refractivity contribution in [2.75, 3.05) is 6.61 Å². The molecule has 158 valence electrons. The van der Waals surface area contributed by atoms with E-state index in [1.807, 2.05) is 0 Å². The summed E-state index contributed by atoms with van der Waals surface area (Å²) in [6, 6.07) is 1.64. The van der Waals surface area contributed by atoms with Gasteiger partial charge in [0.15, 0.2) is 5.43 Å². The van der Waals surface area contributed by atoms with E-state index in [1.54, 1.807) is 19.9 Å². The molecule has 0 amide bonds. The summed E-state index contributed by atoms with van der Waals surface area (Å²) in [7, 11) is 0. The predicted octanol–water partition coefficient (Wildman–Crippen LogP) is 2.22. The molecule has 7 nitrogen and oxygen atoms in total. The number of hydrogen-bond donors (Lipinski definition) is 3. The van der Waals surface area contributed by atoms with Gasteiger partial charge in [-0.25, -0.2) is 0 Å². The number of benzene rings is 1. The highest BCUT2D eigenvalue weighted by Gasteiger charge is 2.38. The first-order valence-corrected chi connectivity index (χ1v) is 10.2. The fourth-order valence-electron chi connectivity index (χ4n) is 4.29. The highest BCUT2D eigenvalue weighted by Crippen LogP contribution is 2.44. The molecule has 1 aliphatic heterocycles. The van der Waals surface area contributed by atoms with Gasteiger partial charge in [-0.2, -0.15) is 0 Å². The SMILES string of the molecule is CC(C)(O)[C@H]1Cc2c(cc3oc(CO)c(CCO)c(=O)c3c2OC2CCCC2)O1. The maximum atomic E-state index is 13.3. The van der Waals surface area contributed by atoms with Crippen LogP contribution in [0.4, 0.5) is 0 Å². The van der Waals surface area contributed by atoms with Crippen molar-refractivity contribution >= 4 is 11.0 Å². The number of hydrogen-bond acceptors (Lipinski definition) is 7. The van der Waals surface area contributed by atoms with Crippen molar-refractivity contribution < 1.29 is 29.2 Å². The molecular formula is C22H28O7. The van der Waals surface area contributed by atoms with Crippen LogP contribution in [-0.2, 0) is 19.4 Å². The monoisotopic (exact) mass is 404 g/mol. The van der Waals surface area contributed by atoms with E-state index < -0.39 is 18.3 Å². The first-order chi connectivity index (χ1) is 13.8. The van der Waals surface area contributed by atoms with Gasteiger partial charge < -0.3 is 29.2 Å². The largest absolute Gasteiger partial charge is 0.489 e. The molecule has 4 rings (SSSR count). The van der Waals surface area contributed by atoms with Gasteiger partial charge in [-0.1, -0.05) is 0 Å². The average Bonchev–Trinajstić information content (AvgIpc) is 3.32. The molecule has 1 aliphatic carbocycles. The Morgan fingerprint density at radius 1 is 1.24 bits per heavy atom. The summed E-state index contributed by atoms with van der Waals surface area (Å²) in [5.41, 5.74) is -0.0612. The Morgan fingerprint density at radius 2 is 1.97 bits per heavy atom. The van der Waals surface area contributed by atoms with Crippen LogP contribution in [0.2, 0.25) is 0 Å². The molecule has 0 saturated heterocycles. The quantitative estimate of drug-likeness (QED) is 0.677. The van der Waals surface area contributed by atoms with Gasteiger partial charge >= 0.3 is 0 Å². The Labute approximate surface area is 168 Å². The van der Waals surface area contributed by atoms with Crippen molar-refractivity contribution in [3.8, 4) is 11.5 Å². The zero-order chi connectivity index (χ0) is 20.8. The Kier molecular flexibility index (Phi) is 5.31. The molecule has 1 aromatic heterocycles. The van der Waals surface area contributed by atoms with Gasteiger partial charge in [0, 0.05) is 36.6 Å². The number of aliphatic hydroxyl groups is 3. The second kappa shape index (κ2) is 7.63. The summed E-state index contributed by atoms with van der Waals surface area (Å²) in [6.45, 7) is 2.71. The third-order valence-corrected chi connectivity index (χ3v) is 5.92. The second-order valence-electron chi connectivity index (χ2n) is 8.51. The molecular weight excluding hydrogens is 376 g/mol. The van der Waals surface area contributed by atoms with Crippen LogP contribution in [-0.4, -0.2) is 39.7 Å². The summed E-state index contributed by atoms with van der Waals surface area (Å²) in [6.07, 6.45) is 4.08. The van der Waals surface area contributed by atoms with Crippen LogP contribution in [0.15, 0.2) is 15.3 Å². The van der Waals surface area contributed by atoms with Gasteiger partial charge in [0.1, 0.15) is 40.9 Å². The van der Waals surface area contributed by atoms with Crippen molar-refractivity contribution in [1.29, 1.82) is 0 Å². The standard InChI is InChI=1S/C22H28O7/c1-22(2,26)18-9-14-15(29-18)10-16-19(21(14)27-12-5-3-4-6-12)20(25)13(7-8-23)17(11-24)28-16/h10,12,18,23-24,26H,3-9,11H2,1-2H3/t18-/m1/s1. The van der Waals surface area contributed by atoms with Crippen LogP contribution in [0.25, 0.3) is 11.0 Å². The summed E-state index contributed by atoms with van der Waals surface area (Å²) in [4.78, 5) is 13.3. The Hall–Kier alpha value is -2.09. The molecule has 0 radical (unpaired) electrons. The lowest BCUT2D eigenvalue weighted by molar-refractivity contribution is -0.0229. The molecule has 1 aromatic carbocycles. The van der Waals surface area contributed by atoms with Crippen molar-refractivity contribution in [3.63, 3.8) is 0 Å². The fraction of sp³-hybridized carbons (Fsp3) is 0.591. The molecule has 2 heterocycles. The maximum Gasteiger partial charge on any atom is 0.200 e. The van der Waals surface area contributed by atoms with E-state index in [4.69, 9.17) is 13.9 Å². The molecule has 3 N–H and O–H groups in total. The molecule has 1 fully saturated rings. The lowest BCUT2D eigenvalue weighted by Crippen LogP contribution is -2.39. The first kappa shape index (κ1) is 20.2. The molecule has 0 bridgehead atoms. The normalized spacial score (nSPS) is 19.6. The van der Waals surface area contributed by atoms with Gasteiger partial charge in [0.05, 0.1) is 11.7 Å². The minimum atomic E-state index is -1.06. The van der Waals surface area contributed by atoms with Gasteiger partial charge in [0.2, 0.25) is 0 Å². The van der Waals surface area contributed by atoms with Crippen LogP contribution in [0.3, 0.4) is 0 Å². The zero-order valence-electron chi connectivity index (χ0n) is 16.9. The van der Waals surface area contributed by atoms with Gasteiger partial charge in [-0.15, -0.1) is 0 Å². The average molecular weight is 404 g/mol. The van der Waals surface area contributed by atoms with Crippen LogP contribution < -0.4 is 14.9 Å². The van der Waals surface area contributed by atoms with Crippen molar-refractivity contribution in [3.05, 3.63) is 33.2 Å². The molecule has 7 heteroatoms. The van der Waals surface area contributed by atoms with E-state index >= 15 is 0 Å². The second-order valence-corrected chi connectivity index (χ2v) is 8.51. The van der Waals surface area contributed by atoms with E-state index in [2.05, 4.69) is 0 Å². The van der Waals surface area contributed by atoms with E-state index in [-0.39, 0.29) is 41.5 Å². The number of aliphatic hydroxyl groups excluding tert-OH is 2. The third-order valence-electron chi connectivity index (χ3n) is 5.92. The lowest BCUT2D eigenvalue weighted by atomic mass is 9.95.